The number of benzene rings is 3. The number of nitrogens with zero attached hydrogens (tertiary/aromatic N) is 1. The third kappa shape index (κ3) is 7.93. The quantitative estimate of drug-likeness (QED) is 0.320. The molecule has 0 radical (unpaired) electrons. The van der Waals surface area contributed by atoms with E-state index in [1.165, 1.54) is 24.2 Å². The Balaban J connectivity index is 1.61. The first-order valence-electron chi connectivity index (χ1n) is 13.1. The molecule has 4 nitrogen and oxygen atoms in total. The Labute approximate surface area is 223 Å². The van der Waals surface area contributed by atoms with Gasteiger partial charge in [-0.05, 0) is 43.5 Å². The molecule has 1 N–H and O–H groups in total. The highest BCUT2D eigenvalue weighted by Gasteiger charge is 2.32. The summed E-state index contributed by atoms with van der Waals surface area (Å²) in [5.74, 6) is -0.563. The van der Waals surface area contributed by atoms with Gasteiger partial charge in [-0.2, -0.15) is 0 Å². The van der Waals surface area contributed by atoms with Crippen molar-refractivity contribution in [1.82, 2.24) is 10.2 Å². The van der Waals surface area contributed by atoms with Crippen LogP contribution in [-0.2, 0) is 22.6 Å². The van der Waals surface area contributed by atoms with Gasteiger partial charge in [0, 0.05) is 29.5 Å². The Morgan fingerprint density at radius 2 is 1.62 bits per heavy atom. The minimum absolute atomic E-state index is 0.0373. The number of hydrogen-bond acceptors (Lipinski definition) is 3. The number of carbonyl (C=O) groups excluding carboxylic acids is 2. The lowest BCUT2D eigenvalue weighted by atomic mass is 9.94. The van der Waals surface area contributed by atoms with E-state index in [0.717, 1.165) is 41.7 Å². The van der Waals surface area contributed by atoms with E-state index in [1.54, 1.807) is 23.1 Å². The number of aryl methyl sites for hydroxylation is 1. The van der Waals surface area contributed by atoms with Gasteiger partial charge in [-0.3, -0.25) is 9.59 Å². The van der Waals surface area contributed by atoms with Crippen LogP contribution in [0.3, 0.4) is 0 Å². The van der Waals surface area contributed by atoms with Gasteiger partial charge >= 0.3 is 0 Å². The first-order valence-corrected chi connectivity index (χ1v) is 14.0. The van der Waals surface area contributed by atoms with Crippen molar-refractivity contribution in [2.45, 2.75) is 69.0 Å². The maximum Gasteiger partial charge on any atom is 0.243 e. The summed E-state index contributed by atoms with van der Waals surface area (Å²) in [4.78, 5) is 30.0. The molecule has 0 bridgehead atoms. The van der Waals surface area contributed by atoms with Gasteiger partial charge < -0.3 is 10.2 Å². The van der Waals surface area contributed by atoms with Crippen LogP contribution in [0.15, 0.2) is 83.8 Å². The van der Waals surface area contributed by atoms with E-state index in [1.807, 2.05) is 61.5 Å². The van der Waals surface area contributed by atoms with Crippen molar-refractivity contribution in [2.24, 2.45) is 0 Å². The van der Waals surface area contributed by atoms with Gasteiger partial charge in [-0.1, -0.05) is 85.5 Å². The summed E-state index contributed by atoms with van der Waals surface area (Å²) in [6.45, 7) is 2.06. The fourth-order valence-corrected chi connectivity index (χ4v) is 5.56. The minimum Gasteiger partial charge on any atom is -0.352 e. The average Bonchev–Trinajstić information content (AvgIpc) is 2.92. The number of thioether (sulfide) groups is 1. The zero-order chi connectivity index (χ0) is 26.0. The molecule has 1 atom stereocenters. The molecule has 0 aromatic heterocycles. The molecule has 3 aromatic carbocycles. The number of carbonyl (C=O) groups is 2. The van der Waals surface area contributed by atoms with Crippen LogP contribution in [0.5, 0.6) is 0 Å². The van der Waals surface area contributed by atoms with Crippen molar-refractivity contribution in [3.05, 3.63) is 101 Å². The standard InChI is InChI=1S/C31H35FN2O2S/c1-23-16-18-27(19-17-23)37-22-30(35)34(21-25-12-8-9-15-28(25)32)29(20-24-10-4-2-5-11-24)31(36)33-26-13-6-3-7-14-26/h2,4-5,8-12,15-19,26,29H,3,6-7,13-14,20-22H2,1H3,(H,33,36)/t29-/m1/s1. The topological polar surface area (TPSA) is 49.4 Å². The maximum absolute atomic E-state index is 14.7. The number of nitrogens with one attached hydrogen (secondary N) is 1. The second kappa shape index (κ2) is 13.4. The van der Waals surface area contributed by atoms with Gasteiger partial charge in [0.2, 0.25) is 11.8 Å². The Morgan fingerprint density at radius 3 is 2.32 bits per heavy atom. The molecule has 1 aliphatic carbocycles. The number of amides is 2. The van der Waals surface area contributed by atoms with Crippen molar-refractivity contribution < 1.29 is 14.0 Å². The van der Waals surface area contributed by atoms with Crippen molar-refractivity contribution in [1.29, 1.82) is 0 Å². The molecule has 0 spiro atoms. The fraction of sp³-hybridized carbons (Fsp3) is 0.355. The van der Waals surface area contributed by atoms with Crippen LogP contribution in [0.25, 0.3) is 0 Å². The molecule has 0 aliphatic heterocycles. The number of rotatable bonds is 10. The zero-order valence-electron chi connectivity index (χ0n) is 21.4. The van der Waals surface area contributed by atoms with Crippen LogP contribution >= 0.6 is 11.8 Å². The Bertz CT molecular complexity index is 1160. The van der Waals surface area contributed by atoms with E-state index < -0.39 is 6.04 Å². The van der Waals surface area contributed by atoms with E-state index in [4.69, 9.17) is 0 Å². The van der Waals surface area contributed by atoms with E-state index in [-0.39, 0.29) is 36.0 Å². The van der Waals surface area contributed by atoms with Gasteiger partial charge in [-0.25, -0.2) is 4.39 Å². The highest BCUT2D eigenvalue weighted by atomic mass is 32.2. The van der Waals surface area contributed by atoms with Gasteiger partial charge in [0.15, 0.2) is 0 Å². The molecule has 194 valence electrons. The average molecular weight is 519 g/mol. The van der Waals surface area contributed by atoms with Crippen molar-refractivity contribution in [3.8, 4) is 0 Å². The van der Waals surface area contributed by atoms with E-state index in [9.17, 15) is 14.0 Å². The Morgan fingerprint density at radius 1 is 0.946 bits per heavy atom. The minimum atomic E-state index is -0.741. The van der Waals surface area contributed by atoms with Gasteiger partial charge in [-0.15, -0.1) is 11.8 Å². The molecule has 2 amide bonds. The first kappa shape index (κ1) is 26.9. The second-order valence-electron chi connectivity index (χ2n) is 9.76. The highest BCUT2D eigenvalue weighted by molar-refractivity contribution is 8.00. The molecular weight excluding hydrogens is 483 g/mol. The maximum atomic E-state index is 14.7. The molecule has 3 aromatic rings. The summed E-state index contributed by atoms with van der Waals surface area (Å²) in [5.41, 5.74) is 2.52. The lowest BCUT2D eigenvalue weighted by Crippen LogP contribution is -2.53. The van der Waals surface area contributed by atoms with Gasteiger partial charge in [0.25, 0.3) is 0 Å². The van der Waals surface area contributed by atoms with E-state index in [0.29, 0.717) is 12.0 Å². The van der Waals surface area contributed by atoms with Crippen LogP contribution in [0.2, 0.25) is 0 Å². The lowest BCUT2D eigenvalue weighted by molar-refractivity contribution is -0.139. The highest BCUT2D eigenvalue weighted by Crippen LogP contribution is 2.23. The van der Waals surface area contributed by atoms with Crippen LogP contribution in [-0.4, -0.2) is 34.6 Å². The van der Waals surface area contributed by atoms with Crippen LogP contribution < -0.4 is 5.32 Å². The monoisotopic (exact) mass is 518 g/mol. The van der Waals surface area contributed by atoms with Crippen molar-refractivity contribution in [3.63, 3.8) is 0 Å². The normalized spacial score (nSPS) is 14.6. The second-order valence-corrected chi connectivity index (χ2v) is 10.8. The largest absolute Gasteiger partial charge is 0.352 e. The summed E-state index contributed by atoms with van der Waals surface area (Å²) >= 11 is 1.43. The van der Waals surface area contributed by atoms with Gasteiger partial charge in [0.1, 0.15) is 11.9 Å². The molecular formula is C31H35FN2O2S. The number of hydrogen-bond donors (Lipinski definition) is 1. The molecule has 0 heterocycles. The summed E-state index contributed by atoms with van der Waals surface area (Å²) in [6, 6.07) is 23.6. The molecule has 1 saturated carbocycles. The smallest absolute Gasteiger partial charge is 0.243 e. The third-order valence-corrected chi connectivity index (χ3v) is 7.90. The van der Waals surface area contributed by atoms with E-state index >= 15 is 0 Å². The van der Waals surface area contributed by atoms with Crippen molar-refractivity contribution >= 4 is 23.6 Å². The molecule has 0 saturated heterocycles. The van der Waals surface area contributed by atoms with Crippen molar-refractivity contribution in [2.75, 3.05) is 5.75 Å². The zero-order valence-corrected chi connectivity index (χ0v) is 22.2. The molecule has 6 heteroatoms. The number of halogens is 1. The molecule has 0 unspecified atom stereocenters. The summed E-state index contributed by atoms with van der Waals surface area (Å²) in [7, 11) is 0. The predicted molar refractivity (Wildman–Crippen MR) is 148 cm³/mol. The van der Waals surface area contributed by atoms with Crippen LogP contribution in [0.4, 0.5) is 4.39 Å². The Hall–Kier alpha value is -3.12. The molecule has 37 heavy (non-hydrogen) atoms. The van der Waals surface area contributed by atoms with E-state index in [2.05, 4.69) is 5.32 Å². The summed E-state index contributed by atoms with van der Waals surface area (Å²) in [5, 5.41) is 3.22. The van der Waals surface area contributed by atoms with Crippen LogP contribution in [0, 0.1) is 12.7 Å². The lowest BCUT2D eigenvalue weighted by Gasteiger charge is -2.33. The predicted octanol–water partition coefficient (Wildman–Crippen LogP) is 6.32. The molecule has 4 rings (SSSR count). The Kier molecular flexibility index (Phi) is 9.78. The SMILES string of the molecule is Cc1ccc(SCC(=O)N(Cc2ccccc2F)[C@H](Cc2ccccc2)C(=O)NC2CCCCC2)cc1. The fourth-order valence-electron chi connectivity index (χ4n) is 4.77. The van der Waals surface area contributed by atoms with Gasteiger partial charge in [0.05, 0.1) is 5.75 Å². The summed E-state index contributed by atoms with van der Waals surface area (Å²) < 4.78 is 14.7. The molecule has 1 aliphatic rings. The summed E-state index contributed by atoms with van der Waals surface area (Å²) in [6.07, 6.45) is 5.66. The van der Waals surface area contributed by atoms with Crippen LogP contribution in [0.1, 0.15) is 48.8 Å². The third-order valence-electron chi connectivity index (χ3n) is 6.90. The first-order chi connectivity index (χ1) is 18.0. The molecule has 1 fully saturated rings.